The number of nitrogens with two attached hydrogens (primary N) is 1. The highest BCUT2D eigenvalue weighted by molar-refractivity contribution is 5.85. The summed E-state index contributed by atoms with van der Waals surface area (Å²) in [4.78, 5) is 50.4. The van der Waals surface area contributed by atoms with Crippen molar-refractivity contribution in [2.45, 2.75) is 70.5 Å². The summed E-state index contributed by atoms with van der Waals surface area (Å²) in [5, 5.41) is 15.9. The molecule has 35 heavy (non-hydrogen) atoms. The first-order valence-electron chi connectivity index (χ1n) is 12.3. The molecule has 1 aliphatic heterocycles. The van der Waals surface area contributed by atoms with Crippen molar-refractivity contribution in [3.63, 3.8) is 0 Å². The van der Waals surface area contributed by atoms with Crippen molar-refractivity contribution >= 4 is 23.9 Å². The van der Waals surface area contributed by atoms with E-state index in [1.54, 1.807) is 13.8 Å². The Morgan fingerprint density at radius 3 is 2.46 bits per heavy atom. The molecule has 4 atom stereocenters. The molecule has 0 aliphatic carbocycles. The van der Waals surface area contributed by atoms with Gasteiger partial charge in [-0.25, -0.2) is 4.79 Å². The topological polar surface area (TPSA) is 148 Å². The summed E-state index contributed by atoms with van der Waals surface area (Å²) in [6, 6.07) is 7.62. The lowest BCUT2D eigenvalue weighted by molar-refractivity contribution is -0.793. The minimum absolute atomic E-state index is 0.137. The molecule has 2 rings (SSSR count). The van der Waals surface area contributed by atoms with Crippen molar-refractivity contribution < 1.29 is 33.5 Å². The van der Waals surface area contributed by atoms with E-state index in [2.05, 4.69) is 10.6 Å². The van der Waals surface area contributed by atoms with Gasteiger partial charge in [0, 0.05) is 19.4 Å². The molecule has 2 unspecified atom stereocenters. The number of imide groups is 1. The summed E-state index contributed by atoms with van der Waals surface area (Å²) in [5.74, 6) is -1.26. The standard InChI is InChI=1S/C25H38N4O6/c1-3-35-24(32)21(14-13-19-10-5-4-6-11-19)28-20(12-7-15-27-22(30)17-26)23(31)29(25(33)34)16-8-9-18(29)2/h4-6,10-11,18,20-21,28H,3,7-9,12-17,26H2,1-2H3,(H-,27,30,33,34)/p+1/t18-,20+,21?,29?/m1/s1. The Balaban J connectivity index is 2.25. The van der Waals surface area contributed by atoms with E-state index in [1.165, 1.54) is 0 Å². The maximum atomic E-state index is 13.8. The number of likely N-dealkylation sites (tertiary alicyclic amines) is 1. The van der Waals surface area contributed by atoms with Crippen LogP contribution in [0.4, 0.5) is 4.79 Å². The van der Waals surface area contributed by atoms with Crippen LogP contribution in [0.25, 0.3) is 0 Å². The lowest BCUT2D eigenvalue weighted by atomic mass is 10.0. The van der Waals surface area contributed by atoms with E-state index in [4.69, 9.17) is 10.5 Å². The van der Waals surface area contributed by atoms with E-state index < -0.39 is 34.5 Å². The number of hydrogen-bond donors (Lipinski definition) is 4. The minimum Gasteiger partial charge on any atom is -0.465 e. The average Bonchev–Trinajstić information content (AvgIpc) is 3.25. The second-order valence-electron chi connectivity index (χ2n) is 8.95. The van der Waals surface area contributed by atoms with Crippen LogP contribution in [0.5, 0.6) is 0 Å². The summed E-state index contributed by atoms with van der Waals surface area (Å²) < 4.78 is 4.59. The quantitative estimate of drug-likeness (QED) is 0.185. The Bertz CT molecular complexity index is 865. The first-order valence-corrected chi connectivity index (χ1v) is 12.3. The summed E-state index contributed by atoms with van der Waals surface area (Å²) in [6.45, 7) is 4.05. The average molecular weight is 492 g/mol. The van der Waals surface area contributed by atoms with Gasteiger partial charge >= 0.3 is 18.0 Å². The zero-order chi connectivity index (χ0) is 25.8. The van der Waals surface area contributed by atoms with Gasteiger partial charge in [0.1, 0.15) is 18.1 Å². The van der Waals surface area contributed by atoms with Gasteiger partial charge in [-0.2, -0.15) is 9.28 Å². The Kier molecular flexibility index (Phi) is 11.3. The molecule has 1 aliphatic rings. The van der Waals surface area contributed by atoms with Crippen molar-refractivity contribution in [3.8, 4) is 0 Å². The van der Waals surface area contributed by atoms with Crippen LogP contribution in [0.2, 0.25) is 0 Å². The van der Waals surface area contributed by atoms with Gasteiger partial charge in [0.05, 0.1) is 19.7 Å². The number of nitrogens with zero attached hydrogens (tertiary/aromatic N) is 1. The SMILES string of the molecule is CCOC(=O)C(CCc1ccccc1)N[C@@H](CCCNC(=O)CN)C(=O)[N+]1(C(=O)O)CCC[C@H]1C. The first kappa shape index (κ1) is 28.4. The lowest BCUT2D eigenvalue weighted by Crippen LogP contribution is -2.65. The summed E-state index contributed by atoms with van der Waals surface area (Å²) in [5.41, 5.74) is 6.36. The minimum atomic E-state index is -1.18. The van der Waals surface area contributed by atoms with E-state index >= 15 is 0 Å². The number of carboxylic acid groups (broad SMARTS) is 1. The van der Waals surface area contributed by atoms with Crippen LogP contribution in [0.1, 0.15) is 51.5 Å². The molecule has 194 valence electrons. The lowest BCUT2D eigenvalue weighted by Gasteiger charge is -2.34. The van der Waals surface area contributed by atoms with E-state index in [9.17, 15) is 24.3 Å². The van der Waals surface area contributed by atoms with Gasteiger partial charge < -0.3 is 20.9 Å². The van der Waals surface area contributed by atoms with Gasteiger partial charge in [0.2, 0.25) is 5.91 Å². The van der Waals surface area contributed by atoms with Crippen molar-refractivity contribution in [2.75, 3.05) is 26.2 Å². The molecular weight excluding hydrogens is 452 g/mol. The monoisotopic (exact) mass is 491 g/mol. The Labute approximate surface area is 206 Å². The molecule has 1 fully saturated rings. The molecule has 0 bridgehead atoms. The fourth-order valence-electron chi connectivity index (χ4n) is 4.66. The van der Waals surface area contributed by atoms with Crippen molar-refractivity contribution in [1.82, 2.24) is 10.6 Å². The number of carbonyl (C=O) groups excluding carboxylic acids is 3. The fraction of sp³-hybridized carbons (Fsp3) is 0.600. The predicted octanol–water partition coefficient (Wildman–Crippen LogP) is 1.57. The Morgan fingerprint density at radius 2 is 1.89 bits per heavy atom. The zero-order valence-corrected chi connectivity index (χ0v) is 20.7. The molecule has 0 radical (unpaired) electrons. The smallest absolute Gasteiger partial charge is 0.465 e. The second-order valence-corrected chi connectivity index (χ2v) is 8.95. The molecule has 3 amide bonds. The number of aryl methyl sites for hydroxylation is 1. The Hall–Kier alpha value is -2.82. The first-order chi connectivity index (χ1) is 16.8. The third kappa shape index (κ3) is 7.58. The number of quaternary nitrogens is 1. The molecule has 0 saturated carbocycles. The van der Waals surface area contributed by atoms with Crippen molar-refractivity contribution in [2.24, 2.45) is 5.73 Å². The van der Waals surface area contributed by atoms with Crippen molar-refractivity contribution in [1.29, 1.82) is 0 Å². The molecule has 5 N–H and O–H groups in total. The molecule has 10 heteroatoms. The fourth-order valence-corrected chi connectivity index (χ4v) is 4.66. The van der Waals surface area contributed by atoms with Crippen LogP contribution >= 0.6 is 0 Å². The molecule has 1 saturated heterocycles. The van der Waals surface area contributed by atoms with Crippen LogP contribution in [0, 0.1) is 0 Å². The van der Waals surface area contributed by atoms with E-state index in [0.29, 0.717) is 32.1 Å². The van der Waals surface area contributed by atoms with Crippen LogP contribution < -0.4 is 16.4 Å². The highest BCUT2D eigenvalue weighted by atomic mass is 16.5. The normalized spacial score (nSPS) is 21.2. The molecule has 1 aromatic carbocycles. The number of benzene rings is 1. The molecule has 1 aromatic rings. The number of amides is 3. The molecule has 0 spiro atoms. The Morgan fingerprint density at radius 1 is 1.17 bits per heavy atom. The van der Waals surface area contributed by atoms with Gasteiger partial charge in [-0.3, -0.25) is 14.9 Å². The van der Waals surface area contributed by atoms with E-state index in [1.807, 2.05) is 30.3 Å². The second kappa shape index (κ2) is 13.9. The van der Waals surface area contributed by atoms with Gasteiger partial charge in [-0.15, -0.1) is 0 Å². The number of carbonyl (C=O) groups is 4. The number of esters is 1. The van der Waals surface area contributed by atoms with Gasteiger partial charge in [0.25, 0.3) is 0 Å². The summed E-state index contributed by atoms with van der Waals surface area (Å²) in [7, 11) is 0. The number of ether oxygens (including phenoxy) is 1. The highest BCUT2D eigenvalue weighted by Gasteiger charge is 2.55. The van der Waals surface area contributed by atoms with Gasteiger partial charge in [-0.1, -0.05) is 30.3 Å². The maximum Gasteiger partial charge on any atom is 0.521 e. The molecule has 0 aromatic heterocycles. The number of rotatable bonds is 13. The number of nitrogens with one attached hydrogen (secondary N) is 2. The van der Waals surface area contributed by atoms with Crippen molar-refractivity contribution in [3.05, 3.63) is 35.9 Å². The largest absolute Gasteiger partial charge is 0.521 e. The molecule has 1 heterocycles. The summed E-state index contributed by atoms with van der Waals surface area (Å²) in [6.07, 6.45) is 1.72. The van der Waals surface area contributed by atoms with Crippen LogP contribution in [-0.2, 0) is 25.5 Å². The third-order valence-electron chi connectivity index (χ3n) is 6.63. The summed E-state index contributed by atoms with van der Waals surface area (Å²) >= 11 is 0. The third-order valence-corrected chi connectivity index (χ3v) is 6.63. The number of hydrogen-bond acceptors (Lipinski definition) is 7. The van der Waals surface area contributed by atoms with Crippen LogP contribution in [0.3, 0.4) is 0 Å². The molecule has 10 nitrogen and oxygen atoms in total. The maximum absolute atomic E-state index is 13.8. The molecular formula is C25H39N4O6+. The van der Waals surface area contributed by atoms with Gasteiger partial charge in [0.15, 0.2) is 0 Å². The van der Waals surface area contributed by atoms with Gasteiger partial charge in [-0.05, 0) is 45.1 Å². The van der Waals surface area contributed by atoms with E-state index in [-0.39, 0.29) is 44.6 Å². The van der Waals surface area contributed by atoms with Crippen LogP contribution in [-0.4, -0.2) is 77.8 Å². The highest BCUT2D eigenvalue weighted by Crippen LogP contribution is 2.29. The zero-order valence-electron chi connectivity index (χ0n) is 20.7. The van der Waals surface area contributed by atoms with E-state index in [0.717, 1.165) is 5.56 Å². The predicted molar refractivity (Wildman–Crippen MR) is 130 cm³/mol. The van der Waals surface area contributed by atoms with Crippen LogP contribution in [0.15, 0.2) is 30.3 Å².